The Morgan fingerprint density at radius 2 is 1.84 bits per heavy atom. The molecule has 1 rings (SSSR count). The predicted molar refractivity (Wildman–Crippen MR) is 79.7 cm³/mol. The molecule has 1 aromatic carbocycles. The lowest BCUT2D eigenvalue weighted by Gasteiger charge is -2.01. The van der Waals surface area contributed by atoms with Gasteiger partial charge in [-0.25, -0.2) is 0 Å². The Kier molecular flexibility index (Phi) is 8.22. The number of hydrogen-bond donors (Lipinski definition) is 1. The maximum atomic E-state index is 11.5. The molecule has 0 fully saturated rings. The van der Waals surface area contributed by atoms with Crippen LogP contribution in [0.4, 0.5) is 0 Å². The number of carbonyl (C=O) groups is 1. The minimum Gasteiger partial charge on any atom is -0.345 e. The molecule has 0 radical (unpaired) electrons. The van der Waals surface area contributed by atoms with Crippen LogP contribution in [-0.2, 0) is 4.79 Å². The van der Waals surface area contributed by atoms with E-state index < -0.39 is 0 Å². The van der Waals surface area contributed by atoms with Gasteiger partial charge in [-0.1, -0.05) is 62.6 Å². The summed E-state index contributed by atoms with van der Waals surface area (Å²) in [6.07, 6.45) is 6.49. The quantitative estimate of drug-likeness (QED) is 0.588. The molecule has 2 heteroatoms. The average molecular weight is 257 g/mol. The van der Waals surface area contributed by atoms with Gasteiger partial charge in [0.2, 0.25) is 5.91 Å². The minimum absolute atomic E-state index is 0.110. The topological polar surface area (TPSA) is 29.1 Å². The molecule has 0 aliphatic heterocycles. The molecule has 2 nitrogen and oxygen atoms in total. The fourth-order valence-corrected chi connectivity index (χ4v) is 1.79. The summed E-state index contributed by atoms with van der Waals surface area (Å²) in [6.45, 7) is 2.63. The smallest absolute Gasteiger partial charge is 0.220 e. The Bertz CT molecular complexity index is 414. The first-order valence-corrected chi connectivity index (χ1v) is 7.13. The van der Waals surface area contributed by atoms with Crippen molar-refractivity contribution in [1.29, 1.82) is 0 Å². The van der Waals surface area contributed by atoms with E-state index in [1.807, 2.05) is 30.3 Å². The summed E-state index contributed by atoms with van der Waals surface area (Å²) in [5.41, 5.74) is 0.983. The van der Waals surface area contributed by atoms with Crippen molar-refractivity contribution >= 4 is 5.91 Å². The van der Waals surface area contributed by atoms with Crippen molar-refractivity contribution in [1.82, 2.24) is 5.32 Å². The van der Waals surface area contributed by atoms with E-state index in [9.17, 15) is 4.79 Å². The SMILES string of the molecule is CCCCCCCC(=O)NCC#Cc1ccccc1. The van der Waals surface area contributed by atoms with Gasteiger partial charge in [0.25, 0.3) is 0 Å². The van der Waals surface area contributed by atoms with Gasteiger partial charge in [-0.05, 0) is 18.6 Å². The number of carbonyl (C=O) groups excluding carboxylic acids is 1. The van der Waals surface area contributed by atoms with Crippen LogP contribution in [0.5, 0.6) is 0 Å². The molecule has 0 aromatic heterocycles. The third kappa shape index (κ3) is 8.05. The number of hydrogen-bond acceptors (Lipinski definition) is 1. The highest BCUT2D eigenvalue weighted by molar-refractivity contribution is 5.76. The summed E-state index contributed by atoms with van der Waals surface area (Å²) in [5.74, 6) is 6.09. The van der Waals surface area contributed by atoms with Gasteiger partial charge in [-0.3, -0.25) is 4.79 Å². The standard InChI is InChI=1S/C17H23NO/c1-2-3-4-5-9-14-17(19)18-15-10-13-16-11-7-6-8-12-16/h6-8,11-12H,2-5,9,14-15H2,1H3,(H,18,19). The fraction of sp³-hybridized carbons (Fsp3) is 0.471. The summed E-state index contributed by atoms with van der Waals surface area (Å²) >= 11 is 0. The first-order valence-electron chi connectivity index (χ1n) is 7.13. The molecule has 0 spiro atoms. The van der Waals surface area contributed by atoms with Crippen LogP contribution >= 0.6 is 0 Å². The van der Waals surface area contributed by atoms with Crippen LogP contribution in [-0.4, -0.2) is 12.5 Å². The van der Waals surface area contributed by atoms with Crippen LogP contribution in [0.15, 0.2) is 30.3 Å². The van der Waals surface area contributed by atoms with E-state index in [1.165, 1.54) is 19.3 Å². The Hall–Kier alpha value is -1.75. The maximum absolute atomic E-state index is 11.5. The van der Waals surface area contributed by atoms with Crippen LogP contribution in [0.3, 0.4) is 0 Å². The second-order valence-electron chi connectivity index (χ2n) is 4.61. The maximum Gasteiger partial charge on any atom is 0.220 e. The summed E-state index contributed by atoms with van der Waals surface area (Å²) < 4.78 is 0. The van der Waals surface area contributed by atoms with Crippen molar-refractivity contribution in [2.24, 2.45) is 0 Å². The van der Waals surface area contributed by atoms with Crippen LogP contribution < -0.4 is 5.32 Å². The molecule has 1 aromatic rings. The predicted octanol–water partition coefficient (Wildman–Crippen LogP) is 3.51. The summed E-state index contributed by atoms with van der Waals surface area (Å²) in [6, 6.07) is 9.80. The zero-order valence-electron chi connectivity index (χ0n) is 11.7. The molecule has 0 heterocycles. The molecule has 19 heavy (non-hydrogen) atoms. The zero-order valence-corrected chi connectivity index (χ0v) is 11.7. The van der Waals surface area contributed by atoms with Gasteiger partial charge < -0.3 is 5.32 Å². The fourth-order valence-electron chi connectivity index (χ4n) is 1.79. The Labute approximate surface area is 116 Å². The third-order valence-corrected chi connectivity index (χ3v) is 2.89. The molecule has 1 N–H and O–H groups in total. The first kappa shape index (κ1) is 15.3. The highest BCUT2D eigenvalue weighted by Gasteiger charge is 1.98. The second kappa shape index (κ2) is 10.2. The van der Waals surface area contributed by atoms with Crippen LogP contribution in [0, 0.1) is 11.8 Å². The van der Waals surface area contributed by atoms with Gasteiger partial charge in [0, 0.05) is 12.0 Å². The van der Waals surface area contributed by atoms with Crippen molar-refractivity contribution in [2.75, 3.05) is 6.54 Å². The molecular formula is C17H23NO. The summed E-state index contributed by atoms with van der Waals surface area (Å²) in [7, 11) is 0. The molecule has 0 saturated heterocycles. The molecule has 102 valence electrons. The number of amides is 1. The lowest BCUT2D eigenvalue weighted by molar-refractivity contribution is -0.120. The van der Waals surface area contributed by atoms with Crippen molar-refractivity contribution in [3.8, 4) is 11.8 Å². The lowest BCUT2D eigenvalue weighted by atomic mass is 10.1. The summed E-state index contributed by atoms with van der Waals surface area (Å²) in [5, 5.41) is 2.83. The monoisotopic (exact) mass is 257 g/mol. The van der Waals surface area contributed by atoms with Crippen molar-refractivity contribution in [3.63, 3.8) is 0 Å². The first-order chi connectivity index (χ1) is 9.33. The van der Waals surface area contributed by atoms with E-state index >= 15 is 0 Å². The molecule has 0 aliphatic carbocycles. The van der Waals surface area contributed by atoms with Gasteiger partial charge in [0.1, 0.15) is 0 Å². The summed E-state index contributed by atoms with van der Waals surface area (Å²) in [4.78, 5) is 11.5. The van der Waals surface area contributed by atoms with Crippen molar-refractivity contribution in [3.05, 3.63) is 35.9 Å². The van der Waals surface area contributed by atoms with Gasteiger partial charge in [-0.2, -0.15) is 0 Å². The molecule has 0 saturated carbocycles. The highest BCUT2D eigenvalue weighted by Crippen LogP contribution is 2.04. The van der Waals surface area contributed by atoms with E-state index in [4.69, 9.17) is 0 Å². The number of unbranched alkanes of at least 4 members (excludes halogenated alkanes) is 4. The van der Waals surface area contributed by atoms with Crippen LogP contribution in [0.1, 0.15) is 51.0 Å². The average Bonchev–Trinajstić information content (AvgIpc) is 2.44. The normalized spacial score (nSPS) is 9.53. The van der Waals surface area contributed by atoms with Crippen LogP contribution in [0.2, 0.25) is 0 Å². The van der Waals surface area contributed by atoms with Gasteiger partial charge in [-0.15, -0.1) is 0 Å². The number of rotatable bonds is 7. The molecular weight excluding hydrogens is 234 g/mol. The Balaban J connectivity index is 2.09. The van der Waals surface area contributed by atoms with Gasteiger partial charge in [0.15, 0.2) is 0 Å². The lowest BCUT2D eigenvalue weighted by Crippen LogP contribution is -2.23. The van der Waals surface area contributed by atoms with Crippen molar-refractivity contribution in [2.45, 2.75) is 45.4 Å². The Morgan fingerprint density at radius 1 is 1.11 bits per heavy atom. The molecule has 0 atom stereocenters. The van der Waals surface area contributed by atoms with E-state index in [-0.39, 0.29) is 5.91 Å². The van der Waals surface area contributed by atoms with E-state index in [0.29, 0.717) is 13.0 Å². The van der Waals surface area contributed by atoms with Crippen molar-refractivity contribution < 1.29 is 4.79 Å². The largest absolute Gasteiger partial charge is 0.345 e. The van der Waals surface area contributed by atoms with E-state index in [1.54, 1.807) is 0 Å². The van der Waals surface area contributed by atoms with E-state index in [2.05, 4.69) is 24.1 Å². The molecule has 0 unspecified atom stereocenters. The number of benzene rings is 1. The molecule has 0 bridgehead atoms. The minimum atomic E-state index is 0.110. The van der Waals surface area contributed by atoms with Crippen LogP contribution in [0.25, 0.3) is 0 Å². The third-order valence-electron chi connectivity index (χ3n) is 2.89. The zero-order chi connectivity index (χ0) is 13.8. The number of nitrogens with one attached hydrogen (secondary N) is 1. The highest BCUT2D eigenvalue weighted by atomic mass is 16.1. The molecule has 1 amide bonds. The molecule has 0 aliphatic rings. The van der Waals surface area contributed by atoms with Gasteiger partial charge >= 0.3 is 0 Å². The second-order valence-corrected chi connectivity index (χ2v) is 4.61. The van der Waals surface area contributed by atoms with Gasteiger partial charge in [0.05, 0.1) is 6.54 Å². The Morgan fingerprint density at radius 3 is 2.58 bits per heavy atom. The van der Waals surface area contributed by atoms with E-state index in [0.717, 1.165) is 18.4 Å².